The second-order valence-corrected chi connectivity index (χ2v) is 8.50. The van der Waals surface area contributed by atoms with Crippen LogP contribution in [0.25, 0.3) is 11.2 Å². The maximum Gasteiger partial charge on any atom is 0.333 e. The van der Waals surface area contributed by atoms with Crippen molar-refractivity contribution in [2.24, 2.45) is 0 Å². The van der Waals surface area contributed by atoms with Gasteiger partial charge in [-0.1, -0.05) is 37.3 Å². The van der Waals surface area contributed by atoms with Crippen molar-refractivity contribution < 1.29 is 9.59 Å². The molecule has 11 heteroatoms. The van der Waals surface area contributed by atoms with Gasteiger partial charge in [0.05, 0.1) is 17.7 Å². The van der Waals surface area contributed by atoms with E-state index < -0.39 is 29.6 Å². The van der Waals surface area contributed by atoms with E-state index >= 15 is 0 Å². The molecule has 0 saturated heterocycles. The molecule has 0 fully saturated rings. The van der Waals surface area contributed by atoms with Crippen LogP contribution in [0.2, 0.25) is 0 Å². The number of aromatic nitrogens is 4. The number of hydrogen-bond donors (Lipinski definition) is 2. The topological polar surface area (TPSA) is 120 Å². The summed E-state index contributed by atoms with van der Waals surface area (Å²) in [6, 6.07) is 11.1. The number of carbonyl (C=O) groups excluding carboxylic acids is 2. The molecule has 0 spiro atoms. The maximum absolute atomic E-state index is 13.3. The van der Waals surface area contributed by atoms with Crippen molar-refractivity contribution in [2.75, 3.05) is 0 Å². The average molecular weight is 481 g/mol. The van der Waals surface area contributed by atoms with E-state index in [9.17, 15) is 19.2 Å². The van der Waals surface area contributed by atoms with E-state index in [0.717, 1.165) is 15.7 Å². The summed E-state index contributed by atoms with van der Waals surface area (Å²) in [6.07, 6.45) is 2.19. The second-order valence-electron chi connectivity index (χ2n) is 7.58. The maximum atomic E-state index is 13.3. The molecule has 1 aromatic carbocycles. The van der Waals surface area contributed by atoms with Gasteiger partial charge < -0.3 is 4.57 Å². The number of aryl methyl sites for hydroxylation is 2. The van der Waals surface area contributed by atoms with Gasteiger partial charge in [-0.3, -0.25) is 29.8 Å². The molecule has 3 aromatic heterocycles. The normalized spacial score (nSPS) is 11.0. The molecule has 176 valence electrons. The van der Waals surface area contributed by atoms with Crippen LogP contribution in [0.4, 0.5) is 0 Å². The summed E-state index contributed by atoms with van der Waals surface area (Å²) in [5.41, 5.74) is 5.61. The Morgan fingerprint density at radius 1 is 1.03 bits per heavy atom. The summed E-state index contributed by atoms with van der Waals surface area (Å²) in [7, 11) is 0. The zero-order chi connectivity index (χ0) is 24.2. The Morgan fingerprint density at radius 2 is 1.79 bits per heavy atom. The highest BCUT2D eigenvalue weighted by atomic mass is 32.1. The monoisotopic (exact) mass is 480 g/mol. The van der Waals surface area contributed by atoms with Crippen molar-refractivity contribution >= 4 is 34.3 Å². The zero-order valence-corrected chi connectivity index (χ0v) is 19.6. The van der Waals surface area contributed by atoms with Crippen molar-refractivity contribution in [1.29, 1.82) is 0 Å². The van der Waals surface area contributed by atoms with E-state index in [4.69, 9.17) is 0 Å². The fourth-order valence-electron chi connectivity index (χ4n) is 3.71. The van der Waals surface area contributed by atoms with Gasteiger partial charge in [-0.25, -0.2) is 14.3 Å². The lowest BCUT2D eigenvalue weighted by atomic mass is 10.2. The fraction of sp³-hybridized carbons (Fsp3) is 0.261. The summed E-state index contributed by atoms with van der Waals surface area (Å²) in [4.78, 5) is 56.2. The first-order valence-corrected chi connectivity index (χ1v) is 11.7. The molecule has 2 N–H and O–H groups in total. The molecule has 4 rings (SSSR count). The number of benzene rings is 1. The molecular formula is C23H24N6O4S. The fourth-order valence-corrected chi connectivity index (χ4v) is 4.60. The van der Waals surface area contributed by atoms with Crippen molar-refractivity contribution in [3.05, 3.63) is 84.9 Å². The molecule has 0 aliphatic rings. The Morgan fingerprint density at radius 3 is 2.50 bits per heavy atom. The lowest BCUT2D eigenvalue weighted by molar-refractivity contribution is -0.122. The second kappa shape index (κ2) is 9.87. The van der Waals surface area contributed by atoms with Gasteiger partial charge >= 0.3 is 5.69 Å². The Bertz CT molecular complexity index is 1460. The van der Waals surface area contributed by atoms with Crippen molar-refractivity contribution in [3.63, 3.8) is 0 Å². The van der Waals surface area contributed by atoms with Crippen molar-refractivity contribution in [1.82, 2.24) is 29.5 Å². The summed E-state index contributed by atoms with van der Waals surface area (Å²) in [6.45, 7) is 3.89. The quantitative estimate of drug-likeness (QED) is 0.389. The zero-order valence-electron chi connectivity index (χ0n) is 18.8. The number of rotatable bonds is 7. The van der Waals surface area contributed by atoms with E-state index in [0.29, 0.717) is 17.8 Å². The summed E-state index contributed by atoms with van der Waals surface area (Å²) >= 11 is 1.27. The van der Waals surface area contributed by atoms with Crippen LogP contribution in [0.15, 0.2) is 57.7 Å². The number of amides is 2. The lowest BCUT2D eigenvalue weighted by Gasteiger charge is -2.13. The summed E-state index contributed by atoms with van der Waals surface area (Å²) < 4.78 is 3.88. The smallest absolute Gasteiger partial charge is 0.325 e. The molecule has 2 amide bonds. The number of fused-ring (bicyclic) bond motifs is 1. The minimum absolute atomic E-state index is 0.188. The largest absolute Gasteiger partial charge is 0.333 e. The average Bonchev–Trinajstić information content (AvgIpc) is 3.50. The van der Waals surface area contributed by atoms with Crippen LogP contribution in [0.1, 0.15) is 34.6 Å². The van der Waals surface area contributed by atoms with Gasteiger partial charge in [0.25, 0.3) is 17.4 Å². The van der Waals surface area contributed by atoms with E-state index in [2.05, 4.69) is 15.8 Å². The third-order valence-electron chi connectivity index (χ3n) is 5.46. The van der Waals surface area contributed by atoms with Gasteiger partial charge in [-0.2, -0.15) is 0 Å². The predicted octanol–water partition coefficient (Wildman–Crippen LogP) is 1.51. The number of thiophene rings is 1. The molecule has 0 atom stereocenters. The van der Waals surface area contributed by atoms with Crippen molar-refractivity contribution in [2.45, 2.75) is 39.9 Å². The first-order valence-electron chi connectivity index (χ1n) is 10.8. The van der Waals surface area contributed by atoms with Gasteiger partial charge in [-0.15, -0.1) is 11.3 Å². The van der Waals surface area contributed by atoms with Crippen LogP contribution in [-0.4, -0.2) is 30.5 Å². The Kier molecular flexibility index (Phi) is 6.73. The molecular weight excluding hydrogens is 456 g/mol. The van der Waals surface area contributed by atoms with Gasteiger partial charge in [0.2, 0.25) is 0 Å². The van der Waals surface area contributed by atoms with E-state index in [-0.39, 0.29) is 17.7 Å². The van der Waals surface area contributed by atoms with Gasteiger partial charge in [0.1, 0.15) is 6.54 Å². The number of hydrazine groups is 1. The van der Waals surface area contributed by atoms with Crippen LogP contribution in [0.3, 0.4) is 0 Å². The standard InChI is InChI=1S/C23H24N6O4S/c1-3-16-10-11-34-19(16)21(31)26-25-17(30)13-29-22(32)18-20(24-14-27(18)4-2)28(23(29)33)12-15-8-6-5-7-9-15/h5-11,14H,3-4,12-13H2,1-2H3,(H,25,30)(H,26,31). The van der Waals surface area contributed by atoms with Crippen LogP contribution in [0.5, 0.6) is 0 Å². The first kappa shape index (κ1) is 23.2. The number of imidazole rings is 1. The highest BCUT2D eigenvalue weighted by Gasteiger charge is 2.20. The third-order valence-corrected chi connectivity index (χ3v) is 6.41. The Balaban J connectivity index is 1.64. The lowest BCUT2D eigenvalue weighted by Crippen LogP contribution is -2.48. The SMILES string of the molecule is CCc1ccsc1C(=O)NNC(=O)Cn1c(=O)c2c(ncn2CC)n(Cc2ccccc2)c1=O. The third kappa shape index (κ3) is 4.42. The van der Waals surface area contributed by atoms with Crippen LogP contribution < -0.4 is 22.1 Å². The molecule has 0 radical (unpaired) electrons. The Labute approximate surface area is 198 Å². The minimum Gasteiger partial charge on any atom is -0.325 e. The summed E-state index contributed by atoms with van der Waals surface area (Å²) in [5, 5.41) is 1.80. The number of nitrogens with one attached hydrogen (secondary N) is 2. The molecule has 0 aliphatic carbocycles. The number of carbonyl (C=O) groups is 2. The minimum atomic E-state index is -0.699. The van der Waals surface area contributed by atoms with Crippen LogP contribution >= 0.6 is 11.3 Å². The van der Waals surface area contributed by atoms with Gasteiger partial charge in [0.15, 0.2) is 11.2 Å². The van der Waals surface area contributed by atoms with Crippen molar-refractivity contribution in [3.8, 4) is 0 Å². The van der Waals surface area contributed by atoms with E-state index in [1.54, 1.807) is 9.95 Å². The molecule has 0 bridgehead atoms. The molecule has 0 unspecified atom stereocenters. The highest BCUT2D eigenvalue weighted by molar-refractivity contribution is 7.12. The van der Waals surface area contributed by atoms with E-state index in [1.165, 1.54) is 22.2 Å². The van der Waals surface area contributed by atoms with Crippen LogP contribution in [-0.2, 0) is 30.8 Å². The first-order chi connectivity index (χ1) is 16.4. The molecule has 0 saturated carbocycles. The molecule has 34 heavy (non-hydrogen) atoms. The molecule has 3 heterocycles. The van der Waals surface area contributed by atoms with Crippen LogP contribution in [0, 0.1) is 0 Å². The van der Waals surface area contributed by atoms with Gasteiger partial charge in [0, 0.05) is 6.54 Å². The molecule has 10 nitrogen and oxygen atoms in total. The summed E-state index contributed by atoms with van der Waals surface area (Å²) in [5.74, 6) is -1.15. The highest BCUT2D eigenvalue weighted by Crippen LogP contribution is 2.16. The molecule has 4 aromatic rings. The predicted molar refractivity (Wildman–Crippen MR) is 129 cm³/mol. The number of nitrogens with zero attached hydrogens (tertiary/aromatic N) is 4. The number of hydrogen-bond acceptors (Lipinski definition) is 6. The Hall–Kier alpha value is -3.99. The van der Waals surface area contributed by atoms with E-state index in [1.807, 2.05) is 50.2 Å². The van der Waals surface area contributed by atoms with Gasteiger partial charge in [-0.05, 0) is 35.9 Å². The molecule has 0 aliphatic heterocycles.